The quantitative estimate of drug-likeness (QED) is 0.865. The molecule has 0 aliphatic heterocycles. The van der Waals surface area contributed by atoms with Crippen molar-refractivity contribution in [1.82, 2.24) is 5.32 Å². The zero-order chi connectivity index (χ0) is 13.7. The van der Waals surface area contributed by atoms with Crippen LogP contribution in [0, 0.1) is 12.7 Å². The lowest BCUT2D eigenvalue weighted by Gasteiger charge is -2.14. The Morgan fingerprint density at radius 1 is 1.16 bits per heavy atom. The number of halogens is 1. The minimum Gasteiger partial charge on any atom is -0.387 e. The standard InChI is InChI=1S/C16H18FNO/c1-12-5-2-3-8-15(12)16(19)11-18-10-13-6-4-7-14(17)9-13/h2-9,16,18-19H,10-11H2,1H3. The molecule has 0 amide bonds. The van der Waals surface area contributed by atoms with Crippen LogP contribution in [0.15, 0.2) is 48.5 Å². The van der Waals surface area contributed by atoms with E-state index in [0.717, 1.165) is 16.7 Å². The number of benzene rings is 2. The highest BCUT2D eigenvalue weighted by Gasteiger charge is 2.09. The molecule has 1 atom stereocenters. The fourth-order valence-electron chi connectivity index (χ4n) is 2.07. The molecule has 2 aromatic carbocycles. The van der Waals surface area contributed by atoms with Gasteiger partial charge in [0.2, 0.25) is 0 Å². The van der Waals surface area contributed by atoms with Gasteiger partial charge in [-0.1, -0.05) is 36.4 Å². The van der Waals surface area contributed by atoms with E-state index in [0.29, 0.717) is 13.1 Å². The molecule has 0 saturated carbocycles. The summed E-state index contributed by atoms with van der Waals surface area (Å²) in [5.41, 5.74) is 2.87. The van der Waals surface area contributed by atoms with Gasteiger partial charge in [0.25, 0.3) is 0 Å². The smallest absolute Gasteiger partial charge is 0.123 e. The van der Waals surface area contributed by atoms with Crippen LogP contribution in [-0.2, 0) is 6.54 Å². The topological polar surface area (TPSA) is 32.3 Å². The van der Waals surface area contributed by atoms with E-state index in [1.807, 2.05) is 37.3 Å². The van der Waals surface area contributed by atoms with Gasteiger partial charge in [0, 0.05) is 13.1 Å². The second kappa shape index (κ2) is 6.45. The molecule has 2 N–H and O–H groups in total. The van der Waals surface area contributed by atoms with Crippen molar-refractivity contribution in [2.75, 3.05) is 6.54 Å². The van der Waals surface area contributed by atoms with Crippen LogP contribution in [0.1, 0.15) is 22.8 Å². The number of hydrogen-bond acceptors (Lipinski definition) is 2. The van der Waals surface area contributed by atoms with Crippen molar-refractivity contribution in [2.24, 2.45) is 0 Å². The monoisotopic (exact) mass is 259 g/mol. The summed E-state index contributed by atoms with van der Waals surface area (Å²) in [7, 11) is 0. The van der Waals surface area contributed by atoms with Crippen LogP contribution in [0.3, 0.4) is 0 Å². The lowest BCUT2D eigenvalue weighted by Crippen LogP contribution is -2.21. The Bertz CT molecular complexity index is 542. The Kier molecular flexibility index (Phi) is 4.66. The summed E-state index contributed by atoms with van der Waals surface area (Å²) >= 11 is 0. The lowest BCUT2D eigenvalue weighted by molar-refractivity contribution is 0.173. The van der Waals surface area contributed by atoms with Gasteiger partial charge in [-0.25, -0.2) is 4.39 Å². The Morgan fingerprint density at radius 3 is 2.68 bits per heavy atom. The second-order valence-electron chi connectivity index (χ2n) is 4.63. The molecule has 0 aromatic heterocycles. The molecule has 0 spiro atoms. The van der Waals surface area contributed by atoms with E-state index < -0.39 is 6.10 Å². The summed E-state index contributed by atoms with van der Waals surface area (Å²) in [5.74, 6) is -0.237. The fraction of sp³-hybridized carbons (Fsp3) is 0.250. The molecule has 3 heteroatoms. The molecule has 0 heterocycles. The molecule has 1 unspecified atom stereocenters. The third kappa shape index (κ3) is 3.88. The normalized spacial score (nSPS) is 12.4. The van der Waals surface area contributed by atoms with Crippen molar-refractivity contribution >= 4 is 0 Å². The van der Waals surface area contributed by atoms with Crippen molar-refractivity contribution in [2.45, 2.75) is 19.6 Å². The summed E-state index contributed by atoms with van der Waals surface area (Å²) < 4.78 is 13.0. The summed E-state index contributed by atoms with van der Waals surface area (Å²) in [4.78, 5) is 0. The average molecular weight is 259 g/mol. The molecular formula is C16H18FNO. The molecule has 0 radical (unpaired) electrons. The molecule has 2 nitrogen and oxygen atoms in total. The Morgan fingerprint density at radius 2 is 1.95 bits per heavy atom. The van der Waals surface area contributed by atoms with Gasteiger partial charge >= 0.3 is 0 Å². The Hall–Kier alpha value is -1.71. The predicted octanol–water partition coefficient (Wildman–Crippen LogP) is 2.96. The van der Waals surface area contributed by atoms with Crippen molar-refractivity contribution in [3.8, 4) is 0 Å². The van der Waals surface area contributed by atoms with E-state index in [9.17, 15) is 9.50 Å². The number of nitrogens with one attached hydrogen (secondary N) is 1. The summed E-state index contributed by atoms with van der Waals surface area (Å²) in [5, 5.41) is 13.2. The maximum atomic E-state index is 13.0. The van der Waals surface area contributed by atoms with Gasteiger partial charge in [-0.2, -0.15) is 0 Å². The molecular weight excluding hydrogens is 241 g/mol. The van der Waals surface area contributed by atoms with E-state index in [2.05, 4.69) is 5.32 Å². The number of hydrogen-bond donors (Lipinski definition) is 2. The highest BCUT2D eigenvalue weighted by atomic mass is 19.1. The van der Waals surface area contributed by atoms with Gasteiger partial charge in [-0.05, 0) is 35.7 Å². The van der Waals surface area contributed by atoms with Gasteiger partial charge in [0.1, 0.15) is 5.82 Å². The van der Waals surface area contributed by atoms with E-state index in [1.165, 1.54) is 12.1 Å². The van der Waals surface area contributed by atoms with Gasteiger partial charge in [-0.15, -0.1) is 0 Å². The van der Waals surface area contributed by atoms with Crippen LogP contribution in [0.2, 0.25) is 0 Å². The lowest BCUT2D eigenvalue weighted by atomic mass is 10.0. The van der Waals surface area contributed by atoms with Crippen molar-refractivity contribution in [1.29, 1.82) is 0 Å². The Balaban J connectivity index is 1.88. The Labute approximate surface area is 112 Å². The van der Waals surface area contributed by atoms with E-state index >= 15 is 0 Å². The van der Waals surface area contributed by atoms with Crippen molar-refractivity contribution in [3.63, 3.8) is 0 Å². The molecule has 0 saturated heterocycles. The third-order valence-electron chi connectivity index (χ3n) is 3.10. The molecule has 2 rings (SSSR count). The first-order chi connectivity index (χ1) is 9.16. The fourth-order valence-corrected chi connectivity index (χ4v) is 2.07. The summed E-state index contributed by atoms with van der Waals surface area (Å²) in [6.45, 7) is 2.97. The molecule has 0 aliphatic carbocycles. The van der Waals surface area contributed by atoms with E-state index in [-0.39, 0.29) is 5.82 Å². The van der Waals surface area contributed by atoms with Gasteiger partial charge in [-0.3, -0.25) is 0 Å². The number of rotatable bonds is 5. The molecule has 19 heavy (non-hydrogen) atoms. The molecule has 100 valence electrons. The van der Waals surface area contributed by atoms with E-state index in [1.54, 1.807) is 6.07 Å². The average Bonchev–Trinajstić information content (AvgIpc) is 2.39. The van der Waals surface area contributed by atoms with Crippen LogP contribution in [0.25, 0.3) is 0 Å². The first-order valence-corrected chi connectivity index (χ1v) is 6.35. The predicted molar refractivity (Wildman–Crippen MR) is 74.2 cm³/mol. The number of aliphatic hydroxyl groups excluding tert-OH is 1. The largest absolute Gasteiger partial charge is 0.387 e. The highest BCUT2D eigenvalue weighted by molar-refractivity contribution is 5.27. The molecule has 2 aromatic rings. The zero-order valence-corrected chi connectivity index (χ0v) is 10.9. The SMILES string of the molecule is Cc1ccccc1C(O)CNCc1cccc(F)c1. The van der Waals surface area contributed by atoms with Gasteiger partial charge < -0.3 is 10.4 Å². The highest BCUT2D eigenvalue weighted by Crippen LogP contribution is 2.16. The van der Waals surface area contributed by atoms with Crippen LogP contribution in [0.5, 0.6) is 0 Å². The van der Waals surface area contributed by atoms with Crippen molar-refractivity contribution in [3.05, 3.63) is 71.0 Å². The minimum atomic E-state index is -0.547. The molecule has 0 bridgehead atoms. The second-order valence-corrected chi connectivity index (χ2v) is 4.63. The maximum absolute atomic E-state index is 13.0. The summed E-state index contributed by atoms with van der Waals surface area (Å²) in [6.07, 6.45) is -0.547. The zero-order valence-electron chi connectivity index (χ0n) is 10.9. The maximum Gasteiger partial charge on any atom is 0.123 e. The van der Waals surface area contributed by atoms with Crippen LogP contribution in [-0.4, -0.2) is 11.7 Å². The van der Waals surface area contributed by atoms with Gasteiger partial charge in [0.15, 0.2) is 0 Å². The number of aliphatic hydroxyl groups is 1. The molecule has 0 fully saturated rings. The van der Waals surface area contributed by atoms with Gasteiger partial charge in [0.05, 0.1) is 6.10 Å². The van der Waals surface area contributed by atoms with Crippen LogP contribution >= 0.6 is 0 Å². The summed E-state index contributed by atoms with van der Waals surface area (Å²) in [6, 6.07) is 14.2. The molecule has 0 aliphatic rings. The first-order valence-electron chi connectivity index (χ1n) is 6.35. The first kappa shape index (κ1) is 13.7. The third-order valence-corrected chi connectivity index (χ3v) is 3.10. The number of aryl methyl sites for hydroxylation is 1. The van der Waals surface area contributed by atoms with Crippen molar-refractivity contribution < 1.29 is 9.50 Å². The van der Waals surface area contributed by atoms with Crippen LogP contribution < -0.4 is 5.32 Å². The van der Waals surface area contributed by atoms with Crippen LogP contribution in [0.4, 0.5) is 4.39 Å². The minimum absolute atomic E-state index is 0.237. The van der Waals surface area contributed by atoms with E-state index in [4.69, 9.17) is 0 Å².